The first-order valence-corrected chi connectivity index (χ1v) is 6.01. The molecular weight excluding hydrogens is 238 g/mol. The predicted octanol–water partition coefficient (Wildman–Crippen LogP) is -0.507. The van der Waals surface area contributed by atoms with Gasteiger partial charge in [0.2, 0.25) is 0 Å². The van der Waals surface area contributed by atoms with Gasteiger partial charge in [-0.25, -0.2) is 4.68 Å². The van der Waals surface area contributed by atoms with Crippen molar-refractivity contribution in [1.82, 2.24) is 15.0 Å². The van der Waals surface area contributed by atoms with Gasteiger partial charge in [0.25, 0.3) is 0 Å². The fraction of sp³-hybridized carbons (Fsp3) is 0.818. The lowest BCUT2D eigenvalue weighted by atomic mass is 10.3. The van der Waals surface area contributed by atoms with Crippen molar-refractivity contribution in [3.8, 4) is 0 Å². The van der Waals surface area contributed by atoms with E-state index in [0.29, 0.717) is 46.0 Å². The first kappa shape index (κ1) is 15.0. The first-order chi connectivity index (χ1) is 8.86. The quantitative estimate of drug-likeness (QED) is 0.539. The molecule has 1 aromatic heterocycles. The van der Waals surface area contributed by atoms with Crippen molar-refractivity contribution in [1.29, 1.82) is 0 Å². The first-order valence-electron chi connectivity index (χ1n) is 6.01. The predicted molar refractivity (Wildman–Crippen MR) is 64.3 cm³/mol. The minimum absolute atomic E-state index is 0.0913. The molecular formula is C11H21N3O4. The van der Waals surface area contributed by atoms with Crippen LogP contribution >= 0.6 is 0 Å². The molecule has 0 atom stereocenters. The van der Waals surface area contributed by atoms with Crippen molar-refractivity contribution in [3.05, 3.63) is 11.9 Å². The highest BCUT2D eigenvalue weighted by atomic mass is 16.5. The normalized spacial score (nSPS) is 11.0. The number of hydrogen-bond donors (Lipinski definition) is 1. The lowest BCUT2D eigenvalue weighted by molar-refractivity contribution is 0.0224. The van der Waals surface area contributed by atoms with Crippen LogP contribution in [0.3, 0.4) is 0 Å². The van der Waals surface area contributed by atoms with Gasteiger partial charge in [-0.3, -0.25) is 0 Å². The van der Waals surface area contributed by atoms with E-state index >= 15 is 0 Å². The Bertz CT molecular complexity index is 306. The van der Waals surface area contributed by atoms with E-state index in [1.165, 1.54) is 0 Å². The second kappa shape index (κ2) is 9.95. The van der Waals surface area contributed by atoms with Crippen LogP contribution in [0.4, 0.5) is 0 Å². The molecule has 0 bridgehead atoms. The van der Waals surface area contributed by atoms with Crippen LogP contribution in [0, 0.1) is 0 Å². The summed E-state index contributed by atoms with van der Waals surface area (Å²) in [5.74, 6) is 0. The Hall–Kier alpha value is -1.02. The van der Waals surface area contributed by atoms with Crippen LogP contribution in [0.1, 0.15) is 5.69 Å². The zero-order valence-electron chi connectivity index (χ0n) is 10.7. The molecule has 1 N–H and O–H groups in total. The molecule has 1 aromatic rings. The number of rotatable bonds is 11. The number of nitrogens with zero attached hydrogens (tertiary/aromatic N) is 3. The van der Waals surface area contributed by atoms with E-state index in [9.17, 15) is 0 Å². The molecule has 18 heavy (non-hydrogen) atoms. The Balaban J connectivity index is 1.96. The number of hydrogen-bond acceptors (Lipinski definition) is 6. The van der Waals surface area contributed by atoms with Gasteiger partial charge < -0.3 is 19.3 Å². The number of aliphatic hydroxyl groups excluding tert-OH is 1. The molecule has 104 valence electrons. The number of aromatic nitrogens is 3. The molecule has 0 saturated carbocycles. The van der Waals surface area contributed by atoms with Gasteiger partial charge in [-0.2, -0.15) is 0 Å². The Kier molecular flexibility index (Phi) is 8.32. The zero-order chi connectivity index (χ0) is 13.1. The van der Waals surface area contributed by atoms with Gasteiger partial charge in [-0.1, -0.05) is 5.21 Å². The summed E-state index contributed by atoms with van der Waals surface area (Å²) in [6.07, 6.45) is 2.35. The van der Waals surface area contributed by atoms with E-state index in [0.717, 1.165) is 5.69 Å². The highest BCUT2D eigenvalue weighted by molar-refractivity contribution is 4.91. The highest BCUT2D eigenvalue weighted by Gasteiger charge is 1.99. The second-order valence-corrected chi connectivity index (χ2v) is 3.66. The fourth-order valence-corrected chi connectivity index (χ4v) is 1.30. The smallest absolute Gasteiger partial charge is 0.0849 e. The van der Waals surface area contributed by atoms with E-state index in [4.69, 9.17) is 19.3 Å². The lowest BCUT2D eigenvalue weighted by Gasteiger charge is -2.05. The van der Waals surface area contributed by atoms with Gasteiger partial charge >= 0.3 is 0 Å². The summed E-state index contributed by atoms with van der Waals surface area (Å²) in [4.78, 5) is 0. The van der Waals surface area contributed by atoms with Gasteiger partial charge in [0, 0.05) is 26.3 Å². The average Bonchev–Trinajstić information content (AvgIpc) is 2.81. The summed E-state index contributed by atoms with van der Waals surface area (Å²) in [6, 6.07) is 0. The van der Waals surface area contributed by atoms with Gasteiger partial charge in [0.1, 0.15) is 0 Å². The maximum atomic E-state index is 8.74. The van der Waals surface area contributed by atoms with Crippen molar-refractivity contribution >= 4 is 0 Å². The van der Waals surface area contributed by atoms with Crippen LogP contribution in [0.15, 0.2) is 6.20 Å². The Labute approximate surface area is 107 Å². The summed E-state index contributed by atoms with van der Waals surface area (Å²) in [5.41, 5.74) is 0.792. The van der Waals surface area contributed by atoms with Crippen molar-refractivity contribution in [3.63, 3.8) is 0 Å². The highest BCUT2D eigenvalue weighted by Crippen LogP contribution is 1.93. The average molecular weight is 259 g/mol. The molecule has 0 unspecified atom stereocenters. The van der Waals surface area contributed by atoms with Gasteiger partial charge in [-0.15, -0.1) is 5.10 Å². The largest absolute Gasteiger partial charge is 0.396 e. The lowest BCUT2D eigenvalue weighted by Crippen LogP contribution is -2.12. The maximum absolute atomic E-state index is 8.74. The number of aliphatic hydroxyl groups is 1. The van der Waals surface area contributed by atoms with Crippen molar-refractivity contribution in [2.24, 2.45) is 0 Å². The number of ether oxygens (including phenoxy) is 3. The van der Waals surface area contributed by atoms with Crippen LogP contribution in [-0.2, 0) is 27.2 Å². The Morgan fingerprint density at radius 3 is 2.61 bits per heavy atom. The minimum Gasteiger partial charge on any atom is -0.396 e. The van der Waals surface area contributed by atoms with Crippen molar-refractivity contribution in [2.75, 3.05) is 46.8 Å². The summed E-state index contributed by atoms with van der Waals surface area (Å²) in [7, 11) is 1.64. The number of methoxy groups -OCH3 is 1. The standard InChI is InChI=1S/C11H21N3O4/c1-16-6-7-18-9-8-17-5-3-14-10-11(2-4-15)12-13-14/h10,15H,2-9H2,1H3. The van der Waals surface area contributed by atoms with E-state index in [1.807, 2.05) is 6.20 Å². The molecule has 1 rings (SSSR count). The van der Waals surface area contributed by atoms with Gasteiger partial charge in [0.15, 0.2) is 0 Å². The molecule has 0 aromatic carbocycles. The fourth-order valence-electron chi connectivity index (χ4n) is 1.30. The molecule has 0 saturated heterocycles. The molecule has 7 heteroatoms. The van der Waals surface area contributed by atoms with E-state index in [2.05, 4.69) is 10.3 Å². The summed E-state index contributed by atoms with van der Waals surface area (Å²) < 4.78 is 17.2. The molecule has 0 aliphatic heterocycles. The zero-order valence-corrected chi connectivity index (χ0v) is 10.7. The molecule has 0 amide bonds. The molecule has 0 aliphatic carbocycles. The molecule has 0 spiro atoms. The third-order valence-corrected chi connectivity index (χ3v) is 2.22. The molecule has 1 heterocycles. The maximum Gasteiger partial charge on any atom is 0.0849 e. The SMILES string of the molecule is COCCOCCOCCn1cc(CCO)nn1. The van der Waals surface area contributed by atoms with Crippen molar-refractivity contribution in [2.45, 2.75) is 13.0 Å². The Morgan fingerprint density at radius 1 is 1.17 bits per heavy atom. The third-order valence-electron chi connectivity index (χ3n) is 2.22. The van der Waals surface area contributed by atoms with E-state index in [-0.39, 0.29) is 6.61 Å². The van der Waals surface area contributed by atoms with Crippen LogP contribution in [0.25, 0.3) is 0 Å². The second-order valence-electron chi connectivity index (χ2n) is 3.66. The summed E-state index contributed by atoms with van der Waals surface area (Å²) >= 11 is 0. The summed E-state index contributed by atoms with van der Waals surface area (Å²) in [5, 5.41) is 16.6. The Morgan fingerprint density at radius 2 is 1.89 bits per heavy atom. The van der Waals surface area contributed by atoms with Crippen LogP contribution in [0.2, 0.25) is 0 Å². The molecule has 7 nitrogen and oxygen atoms in total. The van der Waals surface area contributed by atoms with Gasteiger partial charge in [-0.05, 0) is 0 Å². The van der Waals surface area contributed by atoms with E-state index in [1.54, 1.807) is 11.8 Å². The van der Waals surface area contributed by atoms with Crippen LogP contribution in [-0.4, -0.2) is 66.9 Å². The molecule has 0 fully saturated rings. The monoisotopic (exact) mass is 259 g/mol. The van der Waals surface area contributed by atoms with Gasteiger partial charge in [0.05, 0.1) is 45.3 Å². The summed E-state index contributed by atoms with van der Waals surface area (Å²) in [6.45, 7) is 3.62. The molecule has 0 aliphatic rings. The third kappa shape index (κ3) is 6.65. The van der Waals surface area contributed by atoms with E-state index < -0.39 is 0 Å². The molecule has 0 radical (unpaired) electrons. The van der Waals surface area contributed by atoms with Crippen LogP contribution < -0.4 is 0 Å². The van der Waals surface area contributed by atoms with Crippen molar-refractivity contribution < 1.29 is 19.3 Å². The minimum atomic E-state index is 0.0913. The van der Waals surface area contributed by atoms with Crippen LogP contribution in [0.5, 0.6) is 0 Å². The topological polar surface area (TPSA) is 78.6 Å².